The quantitative estimate of drug-likeness (QED) is 0.730. The lowest BCUT2D eigenvalue weighted by molar-refractivity contribution is -0.137. The number of nitrogens with zero attached hydrogens (tertiary/aromatic N) is 2. The summed E-state index contributed by atoms with van der Waals surface area (Å²) in [6.07, 6.45) is 2.35. The Morgan fingerprint density at radius 3 is 2.61 bits per heavy atom. The molecule has 1 N–H and O–H groups in total. The summed E-state index contributed by atoms with van der Waals surface area (Å²) in [5.41, 5.74) is -0.689. The average Bonchev–Trinajstić information content (AvgIpc) is 2.76. The molecule has 0 aromatic carbocycles. The average molecular weight is 263 g/mol. The SMILES string of the molecule is CCCCCCNCCn1cc(C(F)(F)F)cn1. The van der Waals surface area contributed by atoms with Crippen LogP contribution in [0, 0.1) is 0 Å². The van der Waals surface area contributed by atoms with Gasteiger partial charge in [0.05, 0.1) is 18.3 Å². The van der Waals surface area contributed by atoms with Gasteiger partial charge >= 0.3 is 6.18 Å². The smallest absolute Gasteiger partial charge is 0.315 e. The number of unbranched alkanes of at least 4 members (excludes halogenated alkanes) is 3. The molecule has 1 rings (SSSR count). The molecule has 18 heavy (non-hydrogen) atoms. The zero-order valence-electron chi connectivity index (χ0n) is 10.6. The number of hydrogen-bond donors (Lipinski definition) is 1. The van der Waals surface area contributed by atoms with Crippen molar-refractivity contribution >= 4 is 0 Å². The third-order valence-electron chi connectivity index (χ3n) is 2.69. The number of halogens is 3. The molecular formula is C12H20F3N3. The van der Waals surface area contributed by atoms with Crippen LogP contribution in [0.25, 0.3) is 0 Å². The highest BCUT2D eigenvalue weighted by Gasteiger charge is 2.31. The molecule has 0 saturated carbocycles. The van der Waals surface area contributed by atoms with E-state index in [4.69, 9.17) is 0 Å². The van der Waals surface area contributed by atoms with E-state index in [-0.39, 0.29) is 0 Å². The molecule has 1 heterocycles. The molecule has 0 aliphatic heterocycles. The van der Waals surface area contributed by atoms with E-state index in [0.717, 1.165) is 25.4 Å². The highest BCUT2D eigenvalue weighted by Crippen LogP contribution is 2.28. The van der Waals surface area contributed by atoms with E-state index in [9.17, 15) is 13.2 Å². The van der Waals surface area contributed by atoms with Crippen LogP contribution in [0.5, 0.6) is 0 Å². The summed E-state index contributed by atoms with van der Waals surface area (Å²) in [4.78, 5) is 0. The topological polar surface area (TPSA) is 29.9 Å². The van der Waals surface area contributed by atoms with Gasteiger partial charge in [-0.15, -0.1) is 0 Å². The van der Waals surface area contributed by atoms with Crippen LogP contribution in [0.2, 0.25) is 0 Å². The molecule has 0 fully saturated rings. The number of aromatic nitrogens is 2. The molecular weight excluding hydrogens is 243 g/mol. The normalized spacial score (nSPS) is 12.0. The van der Waals surface area contributed by atoms with Gasteiger partial charge in [0.15, 0.2) is 0 Å². The molecule has 0 bridgehead atoms. The molecule has 3 nitrogen and oxygen atoms in total. The van der Waals surface area contributed by atoms with E-state index in [0.29, 0.717) is 13.1 Å². The van der Waals surface area contributed by atoms with E-state index in [2.05, 4.69) is 17.3 Å². The standard InChI is InChI=1S/C12H20F3N3/c1-2-3-4-5-6-16-7-8-18-10-11(9-17-18)12(13,14)15/h9-10,16H,2-8H2,1H3. The Bertz CT molecular complexity index is 334. The van der Waals surface area contributed by atoms with Crippen molar-refractivity contribution in [3.8, 4) is 0 Å². The molecule has 104 valence electrons. The van der Waals surface area contributed by atoms with Crippen LogP contribution in [0.1, 0.15) is 38.2 Å². The van der Waals surface area contributed by atoms with Crippen molar-refractivity contribution in [2.45, 2.75) is 45.3 Å². The summed E-state index contributed by atoms with van der Waals surface area (Å²) in [6.45, 7) is 4.17. The van der Waals surface area contributed by atoms with Crippen molar-refractivity contribution in [3.05, 3.63) is 18.0 Å². The van der Waals surface area contributed by atoms with Gasteiger partial charge in [-0.25, -0.2) is 0 Å². The zero-order chi connectivity index (χ0) is 13.4. The van der Waals surface area contributed by atoms with E-state index >= 15 is 0 Å². The lowest BCUT2D eigenvalue weighted by Crippen LogP contribution is -2.21. The Kier molecular flexibility index (Phi) is 6.18. The molecule has 0 atom stereocenters. The molecule has 1 aromatic heterocycles. The van der Waals surface area contributed by atoms with Crippen LogP contribution in [0.3, 0.4) is 0 Å². The molecule has 1 aromatic rings. The van der Waals surface area contributed by atoms with E-state index in [1.807, 2.05) is 0 Å². The van der Waals surface area contributed by atoms with Gasteiger partial charge in [-0.3, -0.25) is 4.68 Å². The van der Waals surface area contributed by atoms with E-state index in [1.165, 1.54) is 23.9 Å². The fraction of sp³-hybridized carbons (Fsp3) is 0.750. The maximum absolute atomic E-state index is 12.3. The number of rotatable bonds is 8. The third kappa shape index (κ3) is 5.53. The van der Waals surface area contributed by atoms with Gasteiger partial charge in [0.2, 0.25) is 0 Å². The monoisotopic (exact) mass is 263 g/mol. The van der Waals surface area contributed by atoms with Crippen molar-refractivity contribution in [3.63, 3.8) is 0 Å². The Morgan fingerprint density at radius 2 is 2.00 bits per heavy atom. The fourth-order valence-corrected chi connectivity index (χ4v) is 1.63. The fourth-order valence-electron chi connectivity index (χ4n) is 1.63. The summed E-state index contributed by atoms with van der Waals surface area (Å²) < 4.78 is 38.2. The van der Waals surface area contributed by atoms with E-state index < -0.39 is 11.7 Å². The maximum Gasteiger partial charge on any atom is 0.419 e. The van der Waals surface area contributed by atoms with Gasteiger partial charge in [-0.05, 0) is 13.0 Å². The third-order valence-corrected chi connectivity index (χ3v) is 2.69. The first-order valence-corrected chi connectivity index (χ1v) is 6.34. The van der Waals surface area contributed by atoms with Crippen LogP contribution < -0.4 is 5.32 Å². The predicted octanol–water partition coefficient (Wildman–Crippen LogP) is 3.07. The minimum atomic E-state index is -4.30. The first-order chi connectivity index (χ1) is 8.54. The Morgan fingerprint density at radius 1 is 1.22 bits per heavy atom. The summed E-state index contributed by atoms with van der Waals surface area (Å²) in [5, 5.41) is 6.89. The molecule has 0 saturated heterocycles. The molecule has 0 aliphatic rings. The van der Waals surface area contributed by atoms with Crippen molar-refractivity contribution in [1.29, 1.82) is 0 Å². The number of hydrogen-bond acceptors (Lipinski definition) is 2. The van der Waals surface area contributed by atoms with Gasteiger partial charge in [-0.2, -0.15) is 18.3 Å². The van der Waals surface area contributed by atoms with Crippen LogP contribution in [0.15, 0.2) is 12.4 Å². The van der Waals surface area contributed by atoms with Crippen molar-refractivity contribution in [2.24, 2.45) is 0 Å². The second-order valence-electron chi connectivity index (χ2n) is 4.30. The minimum absolute atomic E-state index is 0.462. The van der Waals surface area contributed by atoms with Gasteiger partial charge in [0, 0.05) is 12.7 Å². The van der Waals surface area contributed by atoms with Gasteiger partial charge in [0.1, 0.15) is 0 Å². The summed E-state index contributed by atoms with van der Waals surface area (Å²) in [6, 6.07) is 0. The van der Waals surface area contributed by atoms with Crippen molar-refractivity contribution in [1.82, 2.24) is 15.1 Å². The second-order valence-corrected chi connectivity index (χ2v) is 4.30. The van der Waals surface area contributed by atoms with Crippen LogP contribution in [-0.4, -0.2) is 22.9 Å². The summed E-state index contributed by atoms with van der Waals surface area (Å²) >= 11 is 0. The first-order valence-electron chi connectivity index (χ1n) is 6.34. The largest absolute Gasteiger partial charge is 0.419 e. The summed E-state index contributed by atoms with van der Waals surface area (Å²) in [7, 11) is 0. The first kappa shape index (κ1) is 15.0. The zero-order valence-corrected chi connectivity index (χ0v) is 10.6. The minimum Gasteiger partial charge on any atom is -0.315 e. The molecule has 0 spiro atoms. The van der Waals surface area contributed by atoms with Gasteiger partial charge < -0.3 is 5.32 Å². The summed E-state index contributed by atoms with van der Waals surface area (Å²) in [5.74, 6) is 0. The molecule has 0 amide bonds. The lowest BCUT2D eigenvalue weighted by atomic mass is 10.2. The van der Waals surface area contributed by atoms with Crippen LogP contribution >= 0.6 is 0 Å². The second kappa shape index (κ2) is 7.41. The van der Waals surface area contributed by atoms with Gasteiger partial charge in [0.25, 0.3) is 0 Å². The predicted molar refractivity (Wildman–Crippen MR) is 64.2 cm³/mol. The molecule has 6 heteroatoms. The number of alkyl halides is 3. The van der Waals surface area contributed by atoms with E-state index in [1.54, 1.807) is 0 Å². The van der Waals surface area contributed by atoms with Crippen molar-refractivity contribution in [2.75, 3.05) is 13.1 Å². The Balaban J connectivity index is 2.14. The maximum atomic E-state index is 12.3. The van der Waals surface area contributed by atoms with Gasteiger partial charge in [-0.1, -0.05) is 26.2 Å². The molecule has 0 aliphatic carbocycles. The Hall–Kier alpha value is -1.04. The highest BCUT2D eigenvalue weighted by molar-refractivity contribution is 5.08. The highest BCUT2D eigenvalue weighted by atomic mass is 19.4. The molecule has 0 unspecified atom stereocenters. The van der Waals surface area contributed by atoms with Crippen LogP contribution in [0.4, 0.5) is 13.2 Å². The molecule has 0 radical (unpaired) electrons. The Labute approximate surface area is 105 Å². The van der Waals surface area contributed by atoms with Crippen molar-refractivity contribution < 1.29 is 13.2 Å². The lowest BCUT2D eigenvalue weighted by Gasteiger charge is -2.05. The van der Waals surface area contributed by atoms with Crippen LogP contribution in [-0.2, 0) is 12.7 Å². The number of nitrogens with one attached hydrogen (secondary N) is 1.